The first-order chi connectivity index (χ1) is 29.5. The van der Waals surface area contributed by atoms with E-state index in [4.69, 9.17) is 4.42 Å². The molecule has 0 fully saturated rings. The zero-order chi connectivity index (χ0) is 40.0. The number of hydrogen-bond donors (Lipinski definition) is 0. The van der Waals surface area contributed by atoms with Gasteiger partial charge in [-0.2, -0.15) is 0 Å². The number of nitrogens with zero attached hydrogens (tertiary/aromatic N) is 1. The molecule has 0 bridgehead atoms. The molecule has 60 heavy (non-hydrogen) atoms. The molecule has 1 heterocycles. The van der Waals surface area contributed by atoms with Gasteiger partial charge in [-0.3, -0.25) is 0 Å². The van der Waals surface area contributed by atoms with Crippen molar-refractivity contribution < 1.29 is 4.42 Å². The number of para-hydroxylation sites is 1. The Kier molecular flexibility index (Phi) is 7.52. The van der Waals surface area contributed by atoms with Crippen molar-refractivity contribution in [2.75, 3.05) is 4.90 Å². The standard InChI is InChI=1S/C58H41NO/c1-57(2)49-25-13-9-21-44(49)47-34-33-43(37-52(47)57)59(42-31-29-39(30-32-42)38-17-5-3-6-18-38)53-35-41(36-55-56(53)48-24-12-16-28-54(48)60-55)58(40-19-7-4-8-20-40)50-26-14-10-22-45(50)46-23-11-15-27-51(46)58/h3-37H,1-2H3. The number of benzene rings is 9. The third kappa shape index (κ3) is 4.88. The molecule has 0 aliphatic heterocycles. The van der Waals surface area contributed by atoms with Gasteiger partial charge < -0.3 is 9.32 Å². The minimum Gasteiger partial charge on any atom is -0.456 e. The predicted octanol–water partition coefficient (Wildman–Crippen LogP) is 15.4. The summed E-state index contributed by atoms with van der Waals surface area (Å²) in [7, 11) is 0. The lowest BCUT2D eigenvalue weighted by Crippen LogP contribution is -2.29. The van der Waals surface area contributed by atoms with E-state index in [1.54, 1.807) is 0 Å². The van der Waals surface area contributed by atoms with Crippen LogP contribution in [0.5, 0.6) is 0 Å². The van der Waals surface area contributed by atoms with Gasteiger partial charge >= 0.3 is 0 Å². The topological polar surface area (TPSA) is 16.4 Å². The first-order valence-electron chi connectivity index (χ1n) is 20.9. The number of rotatable bonds is 6. The number of fused-ring (bicyclic) bond motifs is 9. The molecular formula is C58H41NO. The third-order valence-corrected chi connectivity index (χ3v) is 13.3. The molecule has 2 heteroatoms. The summed E-state index contributed by atoms with van der Waals surface area (Å²) in [6.45, 7) is 4.73. The highest BCUT2D eigenvalue weighted by atomic mass is 16.3. The molecule has 12 rings (SSSR count). The van der Waals surface area contributed by atoms with Gasteiger partial charge in [0.15, 0.2) is 0 Å². The molecule has 284 valence electrons. The van der Waals surface area contributed by atoms with Crippen LogP contribution >= 0.6 is 0 Å². The molecule has 2 nitrogen and oxygen atoms in total. The molecular weight excluding hydrogens is 727 g/mol. The molecule has 0 unspecified atom stereocenters. The van der Waals surface area contributed by atoms with Crippen LogP contribution in [0.25, 0.3) is 55.3 Å². The summed E-state index contributed by atoms with van der Waals surface area (Å²) in [5.41, 5.74) is 19.3. The lowest BCUT2D eigenvalue weighted by molar-refractivity contribution is 0.660. The minimum atomic E-state index is -0.610. The van der Waals surface area contributed by atoms with Crippen molar-refractivity contribution >= 4 is 39.0 Å². The van der Waals surface area contributed by atoms with Crippen LogP contribution in [0.4, 0.5) is 17.1 Å². The Morgan fingerprint density at radius 1 is 0.383 bits per heavy atom. The van der Waals surface area contributed by atoms with Crippen LogP contribution in [0, 0.1) is 0 Å². The quantitative estimate of drug-likeness (QED) is 0.168. The molecule has 0 N–H and O–H groups in total. The van der Waals surface area contributed by atoms with E-state index in [-0.39, 0.29) is 5.41 Å². The van der Waals surface area contributed by atoms with Gasteiger partial charge in [0, 0.05) is 22.2 Å². The normalized spacial score (nSPS) is 14.1. The molecule has 0 radical (unpaired) electrons. The monoisotopic (exact) mass is 767 g/mol. The lowest BCUT2D eigenvalue weighted by atomic mass is 9.67. The summed E-state index contributed by atoms with van der Waals surface area (Å²) in [4.78, 5) is 2.48. The van der Waals surface area contributed by atoms with E-state index in [9.17, 15) is 0 Å². The van der Waals surface area contributed by atoms with Gasteiger partial charge in [-0.1, -0.05) is 184 Å². The SMILES string of the molecule is CC1(C)c2ccccc2-c2ccc(N(c3ccc(-c4ccccc4)cc3)c3cc(C4(c5ccccc5)c5ccccc5-c5ccccc54)cc4oc5ccccc5c34)cc21. The first kappa shape index (κ1) is 34.6. The zero-order valence-electron chi connectivity index (χ0n) is 33.6. The lowest BCUT2D eigenvalue weighted by Gasteiger charge is -2.35. The van der Waals surface area contributed by atoms with E-state index in [2.05, 4.69) is 231 Å². The van der Waals surface area contributed by atoms with Crippen LogP contribution in [-0.4, -0.2) is 0 Å². The number of hydrogen-bond acceptors (Lipinski definition) is 2. The van der Waals surface area contributed by atoms with Crippen molar-refractivity contribution in [1.29, 1.82) is 0 Å². The van der Waals surface area contributed by atoms with Gasteiger partial charge in [-0.05, 0) is 109 Å². The summed E-state index contributed by atoms with van der Waals surface area (Å²) >= 11 is 0. The first-order valence-corrected chi connectivity index (χ1v) is 20.9. The van der Waals surface area contributed by atoms with E-state index >= 15 is 0 Å². The molecule has 0 atom stereocenters. The number of furan rings is 1. The highest BCUT2D eigenvalue weighted by molar-refractivity contribution is 6.14. The maximum atomic E-state index is 6.97. The maximum Gasteiger partial charge on any atom is 0.137 e. The third-order valence-electron chi connectivity index (χ3n) is 13.3. The maximum absolute atomic E-state index is 6.97. The van der Waals surface area contributed by atoms with Crippen molar-refractivity contribution in [2.45, 2.75) is 24.7 Å². The molecule has 10 aromatic rings. The highest BCUT2D eigenvalue weighted by Crippen LogP contribution is 2.58. The highest BCUT2D eigenvalue weighted by Gasteiger charge is 2.47. The van der Waals surface area contributed by atoms with Crippen LogP contribution in [0.3, 0.4) is 0 Å². The summed E-state index contributed by atoms with van der Waals surface area (Å²) in [6, 6.07) is 78.0. The van der Waals surface area contributed by atoms with Gasteiger partial charge in [0.05, 0.1) is 16.5 Å². The van der Waals surface area contributed by atoms with Crippen LogP contribution in [0.15, 0.2) is 217 Å². The van der Waals surface area contributed by atoms with Crippen molar-refractivity contribution in [3.05, 3.63) is 246 Å². The van der Waals surface area contributed by atoms with Gasteiger partial charge in [-0.15, -0.1) is 0 Å². The van der Waals surface area contributed by atoms with Gasteiger partial charge in [0.2, 0.25) is 0 Å². The van der Waals surface area contributed by atoms with Crippen molar-refractivity contribution in [1.82, 2.24) is 0 Å². The van der Waals surface area contributed by atoms with Gasteiger partial charge in [0.25, 0.3) is 0 Å². The fourth-order valence-corrected chi connectivity index (χ4v) is 10.6. The summed E-state index contributed by atoms with van der Waals surface area (Å²) in [6.07, 6.45) is 0. The Labute approximate surface area is 350 Å². The van der Waals surface area contributed by atoms with Crippen molar-refractivity contribution in [3.63, 3.8) is 0 Å². The Morgan fingerprint density at radius 3 is 1.62 bits per heavy atom. The second-order valence-corrected chi connectivity index (χ2v) is 16.8. The molecule has 9 aromatic carbocycles. The van der Waals surface area contributed by atoms with Crippen LogP contribution < -0.4 is 4.90 Å². The van der Waals surface area contributed by atoms with E-state index in [0.717, 1.165) is 44.6 Å². The second-order valence-electron chi connectivity index (χ2n) is 16.8. The predicted molar refractivity (Wildman–Crippen MR) is 249 cm³/mol. The Morgan fingerprint density at radius 2 is 0.917 bits per heavy atom. The summed E-state index contributed by atoms with van der Waals surface area (Å²) < 4.78 is 6.97. The van der Waals surface area contributed by atoms with Gasteiger partial charge in [-0.25, -0.2) is 0 Å². The van der Waals surface area contributed by atoms with Crippen LogP contribution in [-0.2, 0) is 10.8 Å². The van der Waals surface area contributed by atoms with E-state index < -0.39 is 5.41 Å². The minimum absolute atomic E-state index is 0.168. The fraction of sp³-hybridized carbons (Fsp3) is 0.0690. The molecule has 2 aliphatic carbocycles. The van der Waals surface area contributed by atoms with Gasteiger partial charge in [0.1, 0.15) is 11.2 Å². The molecule has 0 saturated heterocycles. The zero-order valence-corrected chi connectivity index (χ0v) is 33.6. The molecule has 1 aromatic heterocycles. The second kappa shape index (κ2) is 13.0. The number of anilines is 3. The molecule has 0 amide bonds. The van der Waals surface area contributed by atoms with Crippen molar-refractivity contribution in [3.8, 4) is 33.4 Å². The molecule has 0 saturated carbocycles. The Bertz CT molecular complexity index is 3240. The fourth-order valence-electron chi connectivity index (χ4n) is 10.6. The van der Waals surface area contributed by atoms with E-state index in [0.29, 0.717) is 0 Å². The molecule has 2 aliphatic rings. The Balaban J connectivity index is 1.19. The van der Waals surface area contributed by atoms with Crippen molar-refractivity contribution in [2.24, 2.45) is 0 Å². The van der Waals surface area contributed by atoms with E-state index in [1.807, 2.05) is 0 Å². The molecule has 0 spiro atoms. The average molecular weight is 768 g/mol. The Hall–Kier alpha value is -7.42. The van der Waals surface area contributed by atoms with Crippen LogP contribution in [0.2, 0.25) is 0 Å². The average Bonchev–Trinajstić information content (AvgIpc) is 3.91. The van der Waals surface area contributed by atoms with E-state index in [1.165, 1.54) is 61.2 Å². The summed E-state index contributed by atoms with van der Waals surface area (Å²) in [5.74, 6) is 0. The largest absolute Gasteiger partial charge is 0.456 e. The van der Waals surface area contributed by atoms with Crippen LogP contribution in [0.1, 0.15) is 47.2 Å². The summed E-state index contributed by atoms with van der Waals surface area (Å²) in [5, 5.41) is 2.18. The smallest absolute Gasteiger partial charge is 0.137 e.